The standard InChI is InChI=1S/C27H30N2O5/c1-33-23-11-6-5-10-21(23)25-24(22(30)13-12-20-8-3-2-4-9-20)26(31)27(32)29(25)15-7-14-28-16-18-34-19-17-28/h2-6,8-13,25,31H,7,14-19H2,1H3/b13-12-/t25-/m0/s1. The second-order valence-corrected chi connectivity index (χ2v) is 8.32. The minimum absolute atomic E-state index is 0.0769. The summed E-state index contributed by atoms with van der Waals surface area (Å²) >= 11 is 0. The first-order valence-corrected chi connectivity index (χ1v) is 11.5. The molecule has 7 heteroatoms. The van der Waals surface area contributed by atoms with Crippen molar-refractivity contribution >= 4 is 17.8 Å². The molecule has 1 saturated heterocycles. The molecule has 2 aromatic carbocycles. The van der Waals surface area contributed by atoms with E-state index in [-0.39, 0.29) is 5.57 Å². The molecule has 1 atom stereocenters. The largest absolute Gasteiger partial charge is 0.503 e. The highest BCUT2D eigenvalue weighted by molar-refractivity contribution is 6.14. The summed E-state index contributed by atoms with van der Waals surface area (Å²) < 4.78 is 10.9. The van der Waals surface area contributed by atoms with Gasteiger partial charge in [-0.3, -0.25) is 14.5 Å². The Morgan fingerprint density at radius 1 is 1.09 bits per heavy atom. The Balaban J connectivity index is 1.60. The van der Waals surface area contributed by atoms with Crippen molar-refractivity contribution in [2.45, 2.75) is 12.5 Å². The van der Waals surface area contributed by atoms with E-state index >= 15 is 0 Å². The number of allylic oxidation sites excluding steroid dienone is 1. The van der Waals surface area contributed by atoms with Gasteiger partial charge in [-0.05, 0) is 24.1 Å². The Bertz CT molecular complexity index is 1070. The second kappa shape index (κ2) is 11.1. The fourth-order valence-corrected chi connectivity index (χ4v) is 4.47. The van der Waals surface area contributed by atoms with Gasteiger partial charge in [-0.25, -0.2) is 0 Å². The molecule has 1 N–H and O–H groups in total. The third-order valence-corrected chi connectivity index (χ3v) is 6.21. The van der Waals surface area contributed by atoms with Crippen LogP contribution in [0, 0.1) is 0 Å². The number of amides is 1. The Morgan fingerprint density at radius 3 is 2.53 bits per heavy atom. The molecule has 1 fully saturated rings. The van der Waals surface area contributed by atoms with Crippen molar-refractivity contribution in [3.63, 3.8) is 0 Å². The number of morpholine rings is 1. The normalized spacial score (nSPS) is 19.3. The van der Waals surface area contributed by atoms with Crippen molar-refractivity contribution in [3.8, 4) is 5.75 Å². The Hall–Kier alpha value is -3.42. The quantitative estimate of drug-likeness (QED) is 0.576. The number of carbonyl (C=O) groups is 2. The number of benzene rings is 2. The summed E-state index contributed by atoms with van der Waals surface area (Å²) in [4.78, 5) is 30.3. The number of nitrogens with zero attached hydrogens (tertiary/aromatic N) is 2. The van der Waals surface area contributed by atoms with Gasteiger partial charge in [0.2, 0.25) is 0 Å². The van der Waals surface area contributed by atoms with Crippen molar-refractivity contribution in [1.82, 2.24) is 9.80 Å². The lowest BCUT2D eigenvalue weighted by Gasteiger charge is -2.30. The number of rotatable bonds is 9. The molecule has 0 spiro atoms. The van der Waals surface area contributed by atoms with E-state index in [0.29, 0.717) is 37.5 Å². The van der Waals surface area contributed by atoms with E-state index in [0.717, 1.165) is 25.2 Å². The van der Waals surface area contributed by atoms with Gasteiger partial charge >= 0.3 is 0 Å². The molecule has 0 aromatic heterocycles. The maximum Gasteiger partial charge on any atom is 0.290 e. The Kier molecular flexibility index (Phi) is 7.77. The highest BCUT2D eigenvalue weighted by atomic mass is 16.5. The zero-order valence-corrected chi connectivity index (χ0v) is 19.4. The van der Waals surface area contributed by atoms with Crippen molar-refractivity contribution in [3.05, 3.63) is 83.1 Å². The molecule has 2 heterocycles. The minimum Gasteiger partial charge on any atom is -0.503 e. The van der Waals surface area contributed by atoms with Crippen LogP contribution in [0.4, 0.5) is 0 Å². The van der Waals surface area contributed by atoms with Gasteiger partial charge in [0.1, 0.15) is 5.75 Å². The summed E-state index contributed by atoms with van der Waals surface area (Å²) in [5.41, 5.74) is 1.61. The Morgan fingerprint density at radius 2 is 1.79 bits per heavy atom. The van der Waals surface area contributed by atoms with E-state index in [1.54, 1.807) is 24.2 Å². The van der Waals surface area contributed by atoms with E-state index in [1.165, 1.54) is 6.08 Å². The summed E-state index contributed by atoms with van der Waals surface area (Å²) in [5, 5.41) is 10.8. The molecule has 4 rings (SSSR count). The average Bonchev–Trinajstić information content (AvgIpc) is 3.13. The molecule has 2 aromatic rings. The smallest absolute Gasteiger partial charge is 0.290 e. The van der Waals surface area contributed by atoms with Crippen LogP contribution in [0.25, 0.3) is 6.08 Å². The lowest BCUT2D eigenvalue weighted by Crippen LogP contribution is -2.39. The van der Waals surface area contributed by atoms with Crippen molar-refractivity contribution in [2.75, 3.05) is 46.5 Å². The van der Waals surface area contributed by atoms with Crippen LogP contribution >= 0.6 is 0 Å². The van der Waals surface area contributed by atoms with Gasteiger partial charge in [-0.15, -0.1) is 0 Å². The fourth-order valence-electron chi connectivity index (χ4n) is 4.47. The third-order valence-electron chi connectivity index (χ3n) is 6.21. The molecule has 0 aliphatic carbocycles. The molecule has 7 nitrogen and oxygen atoms in total. The number of aliphatic hydroxyl groups is 1. The van der Waals surface area contributed by atoms with Crippen LogP contribution in [0.15, 0.2) is 72.0 Å². The van der Waals surface area contributed by atoms with Gasteiger partial charge in [0.15, 0.2) is 11.5 Å². The summed E-state index contributed by atoms with van der Waals surface area (Å²) in [6, 6.07) is 16.0. The van der Waals surface area contributed by atoms with Crippen LogP contribution < -0.4 is 4.74 Å². The van der Waals surface area contributed by atoms with E-state index < -0.39 is 23.5 Å². The maximum absolute atomic E-state index is 13.3. The van der Waals surface area contributed by atoms with Crippen LogP contribution in [-0.4, -0.2) is 73.1 Å². The molecule has 2 aliphatic rings. The molecule has 2 aliphatic heterocycles. The summed E-state index contributed by atoms with van der Waals surface area (Å²) in [6.07, 6.45) is 3.81. The number of para-hydroxylation sites is 1. The van der Waals surface area contributed by atoms with Crippen LogP contribution in [0.5, 0.6) is 5.75 Å². The molecule has 178 valence electrons. The highest BCUT2D eigenvalue weighted by Gasteiger charge is 2.43. The summed E-state index contributed by atoms with van der Waals surface area (Å²) in [6.45, 7) is 4.36. The van der Waals surface area contributed by atoms with Gasteiger partial charge in [0.05, 0.1) is 31.9 Å². The van der Waals surface area contributed by atoms with E-state index in [1.807, 2.05) is 48.5 Å². The van der Waals surface area contributed by atoms with Gasteiger partial charge in [-0.2, -0.15) is 0 Å². The number of carbonyl (C=O) groups excluding carboxylic acids is 2. The first-order valence-electron chi connectivity index (χ1n) is 11.5. The number of ether oxygens (including phenoxy) is 2. The fraction of sp³-hybridized carbons (Fsp3) is 0.333. The number of aliphatic hydroxyl groups excluding tert-OH is 1. The maximum atomic E-state index is 13.3. The van der Waals surface area contributed by atoms with Crippen LogP contribution in [0.3, 0.4) is 0 Å². The molecule has 0 radical (unpaired) electrons. The lowest BCUT2D eigenvalue weighted by atomic mass is 9.94. The zero-order chi connectivity index (χ0) is 23.9. The third kappa shape index (κ3) is 5.21. The van der Waals surface area contributed by atoms with E-state index in [2.05, 4.69) is 4.90 Å². The molecular weight excluding hydrogens is 432 g/mol. The SMILES string of the molecule is COc1ccccc1[C@H]1C(C(=O)/C=C\c2ccccc2)=C(O)C(=O)N1CCCN1CCOCC1. The minimum atomic E-state index is -0.721. The van der Waals surface area contributed by atoms with Crippen molar-refractivity contribution in [2.24, 2.45) is 0 Å². The number of methoxy groups -OCH3 is 1. The van der Waals surface area contributed by atoms with Crippen LogP contribution in [0.2, 0.25) is 0 Å². The van der Waals surface area contributed by atoms with Gasteiger partial charge in [-0.1, -0.05) is 54.6 Å². The van der Waals surface area contributed by atoms with Crippen molar-refractivity contribution in [1.29, 1.82) is 0 Å². The molecule has 0 bridgehead atoms. The Labute approximate surface area is 199 Å². The highest BCUT2D eigenvalue weighted by Crippen LogP contribution is 2.41. The molecule has 34 heavy (non-hydrogen) atoms. The second-order valence-electron chi connectivity index (χ2n) is 8.32. The topological polar surface area (TPSA) is 79.3 Å². The van der Waals surface area contributed by atoms with E-state index in [9.17, 15) is 14.7 Å². The zero-order valence-electron chi connectivity index (χ0n) is 19.4. The predicted octanol–water partition coefficient (Wildman–Crippen LogP) is 3.40. The van der Waals surface area contributed by atoms with Gasteiger partial charge in [0, 0.05) is 31.7 Å². The monoisotopic (exact) mass is 462 g/mol. The number of hydrogen-bond donors (Lipinski definition) is 1. The van der Waals surface area contributed by atoms with Gasteiger partial charge < -0.3 is 19.5 Å². The molecular formula is C27H30N2O5. The van der Waals surface area contributed by atoms with Crippen LogP contribution in [-0.2, 0) is 14.3 Å². The molecule has 1 amide bonds. The number of ketones is 1. The van der Waals surface area contributed by atoms with Crippen LogP contribution in [0.1, 0.15) is 23.6 Å². The first-order chi connectivity index (χ1) is 16.6. The van der Waals surface area contributed by atoms with Gasteiger partial charge in [0.25, 0.3) is 5.91 Å². The summed E-state index contributed by atoms with van der Waals surface area (Å²) in [5.74, 6) is -0.869. The van der Waals surface area contributed by atoms with Crippen molar-refractivity contribution < 1.29 is 24.2 Å². The average molecular weight is 463 g/mol. The first kappa shape index (κ1) is 23.7. The molecule has 0 saturated carbocycles. The van der Waals surface area contributed by atoms with E-state index in [4.69, 9.17) is 9.47 Å². The number of hydrogen-bond acceptors (Lipinski definition) is 6. The summed E-state index contributed by atoms with van der Waals surface area (Å²) in [7, 11) is 1.55. The lowest BCUT2D eigenvalue weighted by molar-refractivity contribution is -0.129. The molecule has 0 unspecified atom stereocenters. The predicted molar refractivity (Wildman–Crippen MR) is 129 cm³/mol.